The molecule has 0 saturated carbocycles. The minimum Gasteiger partial charge on any atom is -0.353 e. The highest BCUT2D eigenvalue weighted by atomic mass is 16.2. The van der Waals surface area contributed by atoms with E-state index in [2.05, 4.69) is 83.6 Å². The van der Waals surface area contributed by atoms with Crippen LogP contribution in [-0.2, 0) is 13.6 Å². The second kappa shape index (κ2) is 7.10. The summed E-state index contributed by atoms with van der Waals surface area (Å²) in [6, 6.07) is 16.8. The first-order chi connectivity index (χ1) is 13.1. The van der Waals surface area contributed by atoms with Gasteiger partial charge in [-0.25, -0.2) is 0 Å². The van der Waals surface area contributed by atoms with Crippen LogP contribution in [0.4, 0.5) is 0 Å². The maximum absolute atomic E-state index is 13.4. The molecule has 27 heavy (non-hydrogen) atoms. The molecule has 4 heteroatoms. The Morgan fingerprint density at radius 1 is 1.11 bits per heavy atom. The summed E-state index contributed by atoms with van der Waals surface area (Å²) in [7, 11) is 2.06. The summed E-state index contributed by atoms with van der Waals surface area (Å²) in [6.07, 6.45) is 4.15. The molecule has 4 rings (SSSR count). The third kappa shape index (κ3) is 3.20. The maximum atomic E-state index is 13.4. The zero-order valence-electron chi connectivity index (χ0n) is 16.4. The summed E-state index contributed by atoms with van der Waals surface area (Å²) >= 11 is 0. The highest BCUT2D eigenvalue weighted by molar-refractivity contribution is 5.96. The van der Waals surface area contributed by atoms with Gasteiger partial charge in [0.25, 0.3) is 5.91 Å². The van der Waals surface area contributed by atoms with Gasteiger partial charge < -0.3 is 14.0 Å². The molecule has 0 radical (unpaired) electrons. The Kier molecular flexibility index (Phi) is 4.65. The smallest absolute Gasteiger partial charge is 0.256 e. The van der Waals surface area contributed by atoms with Crippen LogP contribution in [0.5, 0.6) is 0 Å². The monoisotopic (exact) mass is 361 g/mol. The number of aryl methyl sites for hydroxylation is 2. The maximum Gasteiger partial charge on any atom is 0.256 e. The Hall–Kier alpha value is -2.75. The molecule has 0 bridgehead atoms. The van der Waals surface area contributed by atoms with E-state index >= 15 is 0 Å². The second-order valence-corrected chi connectivity index (χ2v) is 7.56. The number of benzene rings is 1. The number of carbonyl (C=O) groups is 1. The summed E-state index contributed by atoms with van der Waals surface area (Å²) in [5.74, 6) is 0.158. The first kappa shape index (κ1) is 17.7. The van der Waals surface area contributed by atoms with Gasteiger partial charge in [-0.05, 0) is 50.5 Å². The summed E-state index contributed by atoms with van der Waals surface area (Å²) in [5, 5.41) is 0. The summed E-state index contributed by atoms with van der Waals surface area (Å²) < 4.78 is 4.38. The van der Waals surface area contributed by atoms with Gasteiger partial charge in [0, 0.05) is 43.4 Å². The fourth-order valence-corrected chi connectivity index (χ4v) is 4.32. The van der Waals surface area contributed by atoms with Crippen molar-refractivity contribution in [2.75, 3.05) is 6.54 Å². The third-order valence-electron chi connectivity index (χ3n) is 5.83. The predicted molar refractivity (Wildman–Crippen MR) is 108 cm³/mol. The van der Waals surface area contributed by atoms with Crippen molar-refractivity contribution in [2.24, 2.45) is 7.05 Å². The van der Waals surface area contributed by atoms with Gasteiger partial charge in [0.15, 0.2) is 0 Å². The quantitative estimate of drug-likeness (QED) is 0.674. The SMILES string of the molecule is Cc1cc(C(=O)N2CCCC2c2cccn2C)c(C)n1Cc1ccccc1. The average Bonchev–Trinajstić information content (AvgIpc) is 3.37. The van der Waals surface area contributed by atoms with Crippen molar-refractivity contribution < 1.29 is 4.79 Å². The molecule has 1 saturated heterocycles. The Bertz CT molecular complexity index is 951. The topological polar surface area (TPSA) is 30.2 Å². The van der Waals surface area contributed by atoms with Gasteiger partial charge in [-0.1, -0.05) is 30.3 Å². The molecule has 140 valence electrons. The Balaban J connectivity index is 1.62. The molecule has 1 fully saturated rings. The molecule has 0 aliphatic carbocycles. The van der Waals surface area contributed by atoms with Gasteiger partial charge in [0.1, 0.15) is 0 Å². The van der Waals surface area contributed by atoms with Crippen molar-refractivity contribution in [3.63, 3.8) is 0 Å². The van der Waals surface area contributed by atoms with Crippen LogP contribution in [0.3, 0.4) is 0 Å². The van der Waals surface area contributed by atoms with Gasteiger partial charge in [0.2, 0.25) is 0 Å². The molecule has 1 atom stereocenters. The lowest BCUT2D eigenvalue weighted by molar-refractivity contribution is 0.0730. The second-order valence-electron chi connectivity index (χ2n) is 7.56. The van der Waals surface area contributed by atoms with Crippen molar-refractivity contribution in [3.8, 4) is 0 Å². The molecule has 1 amide bonds. The van der Waals surface area contributed by atoms with Crippen LogP contribution in [-0.4, -0.2) is 26.5 Å². The van der Waals surface area contributed by atoms with E-state index in [0.29, 0.717) is 0 Å². The van der Waals surface area contributed by atoms with Crippen LogP contribution in [0.1, 0.15) is 51.9 Å². The largest absolute Gasteiger partial charge is 0.353 e. The Morgan fingerprint density at radius 3 is 2.59 bits per heavy atom. The van der Waals surface area contributed by atoms with Crippen molar-refractivity contribution >= 4 is 5.91 Å². The average molecular weight is 361 g/mol. The van der Waals surface area contributed by atoms with Crippen LogP contribution >= 0.6 is 0 Å². The number of hydrogen-bond donors (Lipinski definition) is 0. The van der Waals surface area contributed by atoms with Gasteiger partial charge in [-0.15, -0.1) is 0 Å². The highest BCUT2D eigenvalue weighted by Gasteiger charge is 2.33. The number of carbonyl (C=O) groups excluding carboxylic acids is 1. The fourth-order valence-electron chi connectivity index (χ4n) is 4.32. The van der Waals surface area contributed by atoms with Crippen LogP contribution in [0.15, 0.2) is 54.7 Å². The molecule has 3 heterocycles. The van der Waals surface area contributed by atoms with Gasteiger partial charge >= 0.3 is 0 Å². The van der Waals surface area contributed by atoms with E-state index in [1.807, 2.05) is 6.07 Å². The van der Waals surface area contributed by atoms with Crippen LogP contribution in [0.25, 0.3) is 0 Å². The first-order valence-electron chi connectivity index (χ1n) is 9.69. The normalized spacial score (nSPS) is 16.9. The van der Waals surface area contributed by atoms with Crippen LogP contribution in [0, 0.1) is 13.8 Å². The third-order valence-corrected chi connectivity index (χ3v) is 5.83. The minimum absolute atomic E-state index is 0.158. The van der Waals surface area contributed by atoms with Crippen molar-refractivity contribution in [1.29, 1.82) is 0 Å². The molecule has 0 N–H and O–H groups in total. The molecule has 2 aromatic heterocycles. The number of rotatable bonds is 4. The molecule has 1 aliphatic heterocycles. The zero-order valence-corrected chi connectivity index (χ0v) is 16.4. The summed E-state index contributed by atoms with van der Waals surface area (Å²) in [6.45, 7) is 5.78. The number of likely N-dealkylation sites (tertiary alicyclic amines) is 1. The van der Waals surface area contributed by atoms with Crippen LogP contribution < -0.4 is 0 Å². The molecule has 1 aliphatic rings. The van der Waals surface area contributed by atoms with E-state index in [4.69, 9.17) is 0 Å². The Labute approximate surface area is 161 Å². The molecular weight excluding hydrogens is 334 g/mol. The molecule has 1 aromatic carbocycles. The van der Waals surface area contributed by atoms with E-state index < -0.39 is 0 Å². The van der Waals surface area contributed by atoms with E-state index in [0.717, 1.165) is 42.9 Å². The van der Waals surface area contributed by atoms with Crippen molar-refractivity contribution in [2.45, 2.75) is 39.3 Å². The molecule has 0 spiro atoms. The predicted octanol–water partition coefficient (Wildman–Crippen LogP) is 4.47. The molecular formula is C23H27N3O. The standard InChI is InChI=1S/C23H27N3O/c1-17-15-20(18(2)26(17)16-19-9-5-4-6-10-19)23(27)25-14-8-12-22(25)21-11-7-13-24(21)3/h4-7,9-11,13,15,22H,8,12,14,16H2,1-3H3. The van der Waals surface area contributed by atoms with Gasteiger partial charge in [-0.3, -0.25) is 4.79 Å². The van der Waals surface area contributed by atoms with Crippen LogP contribution in [0.2, 0.25) is 0 Å². The zero-order chi connectivity index (χ0) is 19.0. The first-order valence-corrected chi connectivity index (χ1v) is 9.69. The lowest BCUT2D eigenvalue weighted by Gasteiger charge is -2.25. The molecule has 4 nitrogen and oxygen atoms in total. The molecule has 1 unspecified atom stereocenters. The van der Waals surface area contributed by atoms with Crippen molar-refractivity contribution in [1.82, 2.24) is 14.0 Å². The summed E-state index contributed by atoms with van der Waals surface area (Å²) in [5.41, 5.74) is 5.50. The number of amides is 1. The number of hydrogen-bond acceptors (Lipinski definition) is 1. The van der Waals surface area contributed by atoms with E-state index in [-0.39, 0.29) is 11.9 Å². The van der Waals surface area contributed by atoms with Gasteiger partial charge in [0.05, 0.1) is 11.6 Å². The molecule has 3 aromatic rings. The fraction of sp³-hybridized carbons (Fsp3) is 0.348. The summed E-state index contributed by atoms with van der Waals surface area (Å²) in [4.78, 5) is 15.5. The minimum atomic E-state index is 0.158. The lowest BCUT2D eigenvalue weighted by atomic mass is 10.1. The van der Waals surface area contributed by atoms with Crippen molar-refractivity contribution in [3.05, 3.63) is 82.9 Å². The van der Waals surface area contributed by atoms with E-state index in [9.17, 15) is 4.79 Å². The van der Waals surface area contributed by atoms with Gasteiger partial charge in [-0.2, -0.15) is 0 Å². The highest BCUT2D eigenvalue weighted by Crippen LogP contribution is 2.34. The van der Waals surface area contributed by atoms with E-state index in [1.165, 1.54) is 11.3 Å². The lowest BCUT2D eigenvalue weighted by Crippen LogP contribution is -2.31. The number of nitrogens with zero attached hydrogens (tertiary/aromatic N) is 3. The van der Waals surface area contributed by atoms with E-state index in [1.54, 1.807) is 0 Å². The Morgan fingerprint density at radius 2 is 1.89 bits per heavy atom. The number of aromatic nitrogens is 2.